The lowest BCUT2D eigenvalue weighted by atomic mass is 9.63. The number of carbonyl (C=O) groups excluding carboxylic acids is 3. The van der Waals surface area contributed by atoms with Crippen LogP contribution in [0.5, 0.6) is 0 Å². The van der Waals surface area contributed by atoms with Gasteiger partial charge in [0.15, 0.2) is 11.6 Å². The van der Waals surface area contributed by atoms with E-state index in [1.165, 1.54) is 14.0 Å². The SMILES string of the molecule is CC[C@H]1[C@@H]2C(=O)C(Cl)(Cl)C(=O)[C@H](C)C(=O)O[C@@H](C)/C=C/C=C\[C@@H](S)[C@@H]2C=C[C@@H]1C[C@](C)(CO)OC. The van der Waals surface area contributed by atoms with E-state index in [0.29, 0.717) is 12.8 Å². The zero-order chi connectivity index (χ0) is 26.6. The maximum Gasteiger partial charge on any atom is 0.316 e. The first kappa shape index (κ1) is 30.1. The van der Waals surface area contributed by atoms with Gasteiger partial charge in [0.05, 0.1) is 12.2 Å². The molecule has 9 heteroatoms. The largest absolute Gasteiger partial charge is 0.458 e. The standard InChI is InChI=1S/C26H36Cl2O6S/c1-6-18-17(13-25(4,14-29)33-5)11-12-19-20(35)10-8-7-9-15(2)34-24(32)16(3)22(30)26(27,28)23(31)21(18)19/h7-12,15-21,29,35H,6,13-14H2,1-5H3/b9-7+,10-8-/t15-,16-,17+,18+,19-,20+,21-,25+/m0/s1. The first-order valence-electron chi connectivity index (χ1n) is 11.9. The van der Waals surface area contributed by atoms with E-state index < -0.39 is 51.3 Å². The second kappa shape index (κ2) is 12.4. The number of thiol groups is 1. The minimum Gasteiger partial charge on any atom is -0.458 e. The third-order valence-electron chi connectivity index (χ3n) is 7.14. The molecule has 0 fully saturated rings. The Morgan fingerprint density at radius 3 is 2.31 bits per heavy atom. The van der Waals surface area contributed by atoms with Gasteiger partial charge in [0.2, 0.25) is 4.33 Å². The summed E-state index contributed by atoms with van der Waals surface area (Å²) in [5.41, 5.74) is -0.811. The molecule has 1 N–H and O–H groups in total. The van der Waals surface area contributed by atoms with Crippen LogP contribution in [-0.4, -0.2) is 57.6 Å². The highest BCUT2D eigenvalue weighted by atomic mass is 35.5. The Bertz CT molecular complexity index is 879. The quantitative estimate of drug-likeness (QED) is 0.173. The molecule has 1 aliphatic carbocycles. The molecule has 0 saturated heterocycles. The van der Waals surface area contributed by atoms with Crippen molar-refractivity contribution in [1.82, 2.24) is 0 Å². The first-order valence-corrected chi connectivity index (χ1v) is 13.1. The molecule has 0 bridgehead atoms. The molecule has 196 valence electrons. The van der Waals surface area contributed by atoms with Gasteiger partial charge in [-0.05, 0) is 45.1 Å². The van der Waals surface area contributed by atoms with Crippen LogP contribution in [0.25, 0.3) is 0 Å². The second-order valence-corrected chi connectivity index (χ2v) is 11.6. The summed E-state index contributed by atoms with van der Waals surface area (Å²) in [6.07, 6.45) is 11.4. The van der Waals surface area contributed by atoms with E-state index in [4.69, 9.17) is 45.3 Å². The molecule has 6 nitrogen and oxygen atoms in total. The van der Waals surface area contributed by atoms with Crippen molar-refractivity contribution >= 4 is 53.4 Å². The van der Waals surface area contributed by atoms with Crippen LogP contribution in [0.15, 0.2) is 36.5 Å². The summed E-state index contributed by atoms with van der Waals surface area (Å²) < 4.78 is 8.40. The van der Waals surface area contributed by atoms with Crippen LogP contribution in [0.2, 0.25) is 0 Å². The minimum absolute atomic E-state index is 0.145. The van der Waals surface area contributed by atoms with Crippen LogP contribution in [0, 0.1) is 29.6 Å². The van der Waals surface area contributed by atoms with Crippen molar-refractivity contribution < 1.29 is 29.0 Å². The number of cyclic esters (lactones) is 1. The predicted molar refractivity (Wildman–Crippen MR) is 141 cm³/mol. The van der Waals surface area contributed by atoms with E-state index in [9.17, 15) is 19.5 Å². The number of aliphatic hydroxyl groups excluding tert-OH is 1. The Balaban J connectivity index is 2.61. The third kappa shape index (κ3) is 6.80. The number of Topliss-reactive ketones (excluding diaryl/α,β-unsaturated/α-hetero) is 2. The Hall–Kier alpha value is -1.12. The first-order chi connectivity index (χ1) is 16.3. The molecular formula is C26H36Cl2O6S. The molecule has 1 heterocycles. The molecule has 2 rings (SSSR count). The average Bonchev–Trinajstić information content (AvgIpc) is 2.83. The normalized spacial score (nSPS) is 37.5. The number of hydrogen-bond acceptors (Lipinski definition) is 7. The Labute approximate surface area is 223 Å². The number of esters is 1. The zero-order valence-corrected chi connectivity index (χ0v) is 23.2. The number of carbonyl (C=O) groups is 3. The number of ketones is 2. The van der Waals surface area contributed by atoms with Gasteiger partial charge in [0.1, 0.15) is 12.0 Å². The number of alkyl halides is 2. The molecule has 0 saturated carbocycles. The predicted octanol–water partition coefficient (Wildman–Crippen LogP) is 4.52. The fourth-order valence-corrected chi connectivity index (χ4v) is 5.79. The minimum atomic E-state index is -2.44. The number of methoxy groups -OCH3 is 1. The van der Waals surface area contributed by atoms with Gasteiger partial charge >= 0.3 is 5.97 Å². The monoisotopic (exact) mass is 546 g/mol. The molecule has 0 radical (unpaired) electrons. The summed E-state index contributed by atoms with van der Waals surface area (Å²) in [4.78, 5) is 39.7. The average molecular weight is 548 g/mol. The molecule has 1 aliphatic heterocycles. The number of aliphatic hydroxyl groups is 1. The zero-order valence-electron chi connectivity index (χ0n) is 20.8. The highest BCUT2D eigenvalue weighted by Gasteiger charge is 2.54. The number of fused-ring (bicyclic) bond motifs is 1. The smallest absolute Gasteiger partial charge is 0.316 e. The van der Waals surface area contributed by atoms with Crippen LogP contribution < -0.4 is 0 Å². The summed E-state index contributed by atoms with van der Waals surface area (Å²) in [5, 5.41) is 9.50. The molecule has 0 spiro atoms. The topological polar surface area (TPSA) is 89.9 Å². The number of hydrogen-bond donors (Lipinski definition) is 2. The van der Waals surface area contributed by atoms with E-state index >= 15 is 0 Å². The van der Waals surface area contributed by atoms with Crippen LogP contribution in [0.1, 0.15) is 40.5 Å². The molecule has 0 aromatic rings. The van der Waals surface area contributed by atoms with Gasteiger partial charge in [-0.1, -0.05) is 66.9 Å². The number of rotatable bonds is 5. The van der Waals surface area contributed by atoms with E-state index in [0.717, 1.165) is 0 Å². The Morgan fingerprint density at radius 2 is 1.74 bits per heavy atom. The fourth-order valence-electron chi connectivity index (χ4n) is 4.83. The van der Waals surface area contributed by atoms with E-state index in [1.807, 2.05) is 25.2 Å². The summed E-state index contributed by atoms with van der Waals surface area (Å²) in [7, 11) is 1.53. The number of halogens is 2. The highest BCUT2D eigenvalue weighted by Crippen LogP contribution is 2.47. The summed E-state index contributed by atoms with van der Waals surface area (Å²) in [6, 6.07) is 0. The van der Waals surface area contributed by atoms with Gasteiger partial charge in [0, 0.05) is 24.2 Å². The van der Waals surface area contributed by atoms with E-state index in [2.05, 4.69) is 0 Å². The molecule has 35 heavy (non-hydrogen) atoms. The fraction of sp³-hybridized carbons (Fsp3) is 0.654. The van der Waals surface area contributed by atoms with Crippen LogP contribution in [0.3, 0.4) is 0 Å². The maximum atomic E-state index is 13.9. The van der Waals surface area contributed by atoms with Gasteiger partial charge < -0.3 is 14.6 Å². The molecular weight excluding hydrogens is 511 g/mol. The lowest BCUT2D eigenvalue weighted by molar-refractivity contribution is -0.154. The lowest BCUT2D eigenvalue weighted by Gasteiger charge is -2.44. The van der Waals surface area contributed by atoms with Gasteiger partial charge in [-0.25, -0.2) is 0 Å². The van der Waals surface area contributed by atoms with Crippen molar-refractivity contribution in [3.63, 3.8) is 0 Å². The van der Waals surface area contributed by atoms with Crippen LogP contribution in [0.4, 0.5) is 0 Å². The van der Waals surface area contributed by atoms with Crippen LogP contribution in [-0.2, 0) is 23.9 Å². The van der Waals surface area contributed by atoms with Crippen molar-refractivity contribution in [3.8, 4) is 0 Å². The van der Waals surface area contributed by atoms with Crippen molar-refractivity contribution in [1.29, 1.82) is 0 Å². The molecule has 0 aromatic carbocycles. The molecule has 0 amide bonds. The van der Waals surface area contributed by atoms with Crippen molar-refractivity contribution in [2.45, 2.75) is 61.8 Å². The molecule has 0 aromatic heterocycles. The number of ether oxygens (including phenoxy) is 2. The van der Waals surface area contributed by atoms with E-state index in [1.54, 1.807) is 32.1 Å². The molecule has 2 aliphatic rings. The second-order valence-electron chi connectivity index (χ2n) is 9.67. The van der Waals surface area contributed by atoms with Gasteiger partial charge in [-0.3, -0.25) is 14.4 Å². The third-order valence-corrected chi connectivity index (χ3v) is 8.40. The van der Waals surface area contributed by atoms with Gasteiger partial charge in [-0.2, -0.15) is 12.6 Å². The molecule has 0 unspecified atom stereocenters. The Kier molecular flexibility index (Phi) is 10.7. The van der Waals surface area contributed by atoms with Gasteiger partial charge in [-0.15, -0.1) is 0 Å². The highest BCUT2D eigenvalue weighted by molar-refractivity contribution is 7.81. The van der Waals surface area contributed by atoms with Crippen LogP contribution >= 0.6 is 35.8 Å². The Morgan fingerprint density at radius 1 is 1.11 bits per heavy atom. The molecule has 8 atom stereocenters. The number of allylic oxidation sites excluding steroid dienone is 4. The summed E-state index contributed by atoms with van der Waals surface area (Å²) >= 11 is 17.7. The van der Waals surface area contributed by atoms with E-state index in [-0.39, 0.29) is 23.7 Å². The van der Waals surface area contributed by atoms with Crippen molar-refractivity contribution in [2.75, 3.05) is 13.7 Å². The maximum absolute atomic E-state index is 13.9. The lowest BCUT2D eigenvalue weighted by Crippen LogP contribution is -2.51. The van der Waals surface area contributed by atoms with Gasteiger partial charge in [0.25, 0.3) is 0 Å². The summed E-state index contributed by atoms with van der Waals surface area (Å²) in [6.45, 7) is 6.56. The van der Waals surface area contributed by atoms with Crippen molar-refractivity contribution in [3.05, 3.63) is 36.5 Å². The summed E-state index contributed by atoms with van der Waals surface area (Å²) in [5.74, 6) is -5.25. The van der Waals surface area contributed by atoms with Crippen molar-refractivity contribution in [2.24, 2.45) is 29.6 Å².